The minimum atomic E-state index is -0.203. The van der Waals surface area contributed by atoms with Gasteiger partial charge in [0, 0.05) is 50.4 Å². The van der Waals surface area contributed by atoms with E-state index in [9.17, 15) is 0 Å². The van der Waals surface area contributed by atoms with Gasteiger partial charge in [-0.2, -0.15) is 0 Å². The van der Waals surface area contributed by atoms with Crippen molar-refractivity contribution in [2.75, 3.05) is 0 Å². The molecule has 0 aliphatic carbocycles. The quantitative estimate of drug-likeness (QED) is 0.424. The smallest absolute Gasteiger partial charge is 0.139 e. The second-order valence-electron chi connectivity index (χ2n) is 6.63. The molecule has 31 heavy (non-hydrogen) atoms. The van der Waals surface area contributed by atoms with E-state index in [1.165, 1.54) is 0 Å². The lowest BCUT2D eigenvalue weighted by Gasteiger charge is -2.13. The summed E-state index contributed by atoms with van der Waals surface area (Å²) >= 11 is 0. The Labute approximate surface area is 207 Å². The van der Waals surface area contributed by atoms with Gasteiger partial charge in [0.2, 0.25) is 0 Å². The van der Waals surface area contributed by atoms with Crippen LogP contribution in [0.3, 0.4) is 0 Å². The van der Waals surface area contributed by atoms with Gasteiger partial charge in [-0.25, -0.2) is 9.97 Å². The molecule has 0 saturated heterocycles. The molecule has 2 N–H and O–H groups in total. The topological polar surface area (TPSA) is 74.6 Å². The van der Waals surface area contributed by atoms with Gasteiger partial charge < -0.3 is 14.9 Å². The van der Waals surface area contributed by atoms with Gasteiger partial charge >= 0.3 is 0 Å². The average molecular weight is 504 g/mol. The van der Waals surface area contributed by atoms with Crippen LogP contribution in [-0.2, 0) is 20.5 Å². The summed E-state index contributed by atoms with van der Waals surface area (Å²) in [7, 11) is 4.00. The molecule has 0 unspecified atom stereocenters. The molecule has 0 fully saturated rings. The Morgan fingerprint density at radius 1 is 0.839 bits per heavy atom. The summed E-state index contributed by atoms with van der Waals surface area (Å²) in [6.07, 6.45) is 8.07. The van der Waals surface area contributed by atoms with Crippen molar-refractivity contribution in [3.8, 4) is 22.6 Å². The van der Waals surface area contributed by atoms with E-state index >= 15 is 0 Å². The van der Waals surface area contributed by atoms with Crippen molar-refractivity contribution in [1.29, 1.82) is 0 Å². The molecule has 0 aliphatic rings. The van der Waals surface area contributed by atoms with E-state index in [4.69, 9.17) is 5.73 Å². The first kappa shape index (κ1) is 28.9. The average Bonchev–Trinajstić information content (AvgIpc) is 3.28. The fourth-order valence-electron chi connectivity index (χ4n) is 3.31. The summed E-state index contributed by atoms with van der Waals surface area (Å²) in [4.78, 5) is 13.3. The van der Waals surface area contributed by atoms with E-state index in [0.29, 0.717) is 6.42 Å². The van der Waals surface area contributed by atoms with Crippen LogP contribution in [0.4, 0.5) is 0 Å². The molecule has 168 valence electrons. The summed E-state index contributed by atoms with van der Waals surface area (Å²) in [5.74, 6) is 1.80. The molecule has 0 saturated carbocycles. The van der Waals surface area contributed by atoms with Crippen LogP contribution in [0.5, 0.6) is 0 Å². The molecule has 0 radical (unpaired) electrons. The molecule has 1 aromatic carbocycles. The van der Waals surface area contributed by atoms with Crippen molar-refractivity contribution in [1.82, 2.24) is 24.1 Å². The predicted octanol–water partition coefficient (Wildman–Crippen LogP) is 4.81. The number of nitrogens with two attached hydrogens (primary N) is 1. The maximum absolute atomic E-state index is 6.39. The third-order valence-corrected chi connectivity index (χ3v) is 4.77. The number of nitrogens with zero attached hydrogens (tertiary/aromatic N) is 5. The summed E-state index contributed by atoms with van der Waals surface area (Å²) in [5.41, 5.74) is 10.6. The Kier molecular flexibility index (Phi) is 11.8. The normalized spacial score (nSPS) is 10.7. The molecule has 0 amide bonds. The molecule has 6 nitrogen and oxygen atoms in total. The zero-order valence-corrected chi connectivity index (χ0v) is 20.3. The minimum absolute atomic E-state index is 0. The van der Waals surface area contributed by atoms with Crippen molar-refractivity contribution in [3.63, 3.8) is 0 Å². The van der Waals surface area contributed by atoms with Gasteiger partial charge in [-0.1, -0.05) is 30.3 Å². The van der Waals surface area contributed by atoms with E-state index in [0.717, 1.165) is 34.2 Å². The van der Waals surface area contributed by atoms with Crippen molar-refractivity contribution in [2.45, 2.75) is 12.5 Å². The summed E-state index contributed by atoms with van der Waals surface area (Å²) in [6, 6.07) is 14.0. The zero-order valence-electron chi connectivity index (χ0n) is 17.1. The van der Waals surface area contributed by atoms with Crippen molar-refractivity contribution < 1.29 is 0 Å². The number of imidazole rings is 2. The molecule has 0 aliphatic heterocycles. The van der Waals surface area contributed by atoms with Crippen LogP contribution in [0.2, 0.25) is 0 Å². The number of hydrogen-bond donors (Lipinski definition) is 1. The van der Waals surface area contributed by atoms with Crippen LogP contribution in [-0.4, -0.2) is 24.1 Å². The van der Waals surface area contributed by atoms with Gasteiger partial charge in [-0.15, -0.1) is 49.6 Å². The van der Waals surface area contributed by atoms with E-state index in [1.807, 2.05) is 49.3 Å². The fourth-order valence-corrected chi connectivity index (χ4v) is 3.31. The van der Waals surface area contributed by atoms with Crippen LogP contribution in [0.1, 0.15) is 17.6 Å². The highest BCUT2D eigenvalue weighted by Gasteiger charge is 2.16. The first-order valence-corrected chi connectivity index (χ1v) is 8.88. The fraction of sp³-hybridized carbons (Fsp3) is 0.190. The van der Waals surface area contributed by atoms with Crippen LogP contribution >= 0.6 is 49.6 Å². The number of halogens is 4. The lowest BCUT2D eigenvalue weighted by Crippen LogP contribution is -2.18. The molecule has 10 heteroatoms. The van der Waals surface area contributed by atoms with E-state index in [-0.39, 0.29) is 55.7 Å². The number of aromatic nitrogens is 5. The van der Waals surface area contributed by atoms with E-state index < -0.39 is 0 Å². The minimum Gasteiger partial charge on any atom is -0.334 e. The molecule has 3 heterocycles. The van der Waals surface area contributed by atoms with Gasteiger partial charge in [-0.3, -0.25) is 4.98 Å². The monoisotopic (exact) mass is 502 g/mol. The molecule has 1 atom stereocenters. The summed E-state index contributed by atoms with van der Waals surface area (Å²) in [6.45, 7) is 0. The second kappa shape index (κ2) is 12.7. The van der Waals surface area contributed by atoms with Gasteiger partial charge in [0.1, 0.15) is 11.6 Å². The largest absolute Gasteiger partial charge is 0.334 e. The lowest BCUT2D eigenvalue weighted by atomic mass is 10.1. The van der Waals surface area contributed by atoms with Gasteiger partial charge in [0.05, 0.1) is 17.9 Å². The van der Waals surface area contributed by atoms with Crippen molar-refractivity contribution in [2.24, 2.45) is 19.8 Å². The summed E-state index contributed by atoms with van der Waals surface area (Å²) < 4.78 is 4.07. The molecular formula is C21H26Cl4N6. The Bertz CT molecular complexity index is 1050. The van der Waals surface area contributed by atoms with Crippen molar-refractivity contribution in [3.05, 3.63) is 78.8 Å². The van der Waals surface area contributed by atoms with E-state index in [2.05, 4.69) is 43.8 Å². The highest BCUT2D eigenvalue weighted by molar-refractivity contribution is 5.86. The standard InChI is InChI=1S/C21H22N6.4ClH/c1-26-12-11-24-20(26)16-8-6-15(7-9-16)19-14-25-21(27(19)2)18(22)13-17-5-3-4-10-23-17;;;;/h3-12,14,18H,13,22H2,1-2H3;4*1H/t18-;;;;/m0..../s1. The van der Waals surface area contributed by atoms with Gasteiger partial charge in [-0.05, 0) is 17.7 Å². The van der Waals surface area contributed by atoms with E-state index in [1.54, 1.807) is 12.4 Å². The van der Waals surface area contributed by atoms with Crippen molar-refractivity contribution >= 4 is 49.6 Å². The molecule has 3 aromatic heterocycles. The maximum atomic E-state index is 6.39. The number of pyridine rings is 1. The molecule has 4 aromatic rings. The lowest BCUT2D eigenvalue weighted by molar-refractivity contribution is 0.626. The summed E-state index contributed by atoms with van der Waals surface area (Å²) in [5, 5.41) is 0. The maximum Gasteiger partial charge on any atom is 0.139 e. The zero-order chi connectivity index (χ0) is 18.8. The molecular weight excluding hydrogens is 478 g/mol. The third-order valence-electron chi connectivity index (χ3n) is 4.77. The van der Waals surface area contributed by atoms with Crippen LogP contribution < -0.4 is 5.73 Å². The third kappa shape index (κ3) is 6.21. The Hall–Kier alpha value is -2.09. The highest BCUT2D eigenvalue weighted by atomic mass is 35.5. The van der Waals surface area contributed by atoms with Gasteiger partial charge in [0.25, 0.3) is 0 Å². The Morgan fingerprint density at radius 2 is 1.52 bits per heavy atom. The first-order chi connectivity index (χ1) is 13.1. The Balaban J connectivity index is 0.00000225. The SMILES string of the molecule is Cl.Cl.Cl.Cl.Cn1ccnc1-c1ccc(-c2cnc([C@@H](N)Cc3ccccn3)n2C)cc1. The van der Waals surface area contributed by atoms with Crippen LogP contribution in [0.15, 0.2) is 67.3 Å². The number of aryl methyl sites for hydroxylation is 1. The number of hydrogen-bond acceptors (Lipinski definition) is 4. The number of rotatable bonds is 5. The molecule has 0 bridgehead atoms. The molecule has 0 spiro atoms. The van der Waals surface area contributed by atoms with Crippen LogP contribution in [0, 0.1) is 0 Å². The second-order valence-corrected chi connectivity index (χ2v) is 6.63. The first-order valence-electron chi connectivity index (χ1n) is 8.88. The predicted molar refractivity (Wildman–Crippen MR) is 135 cm³/mol. The Morgan fingerprint density at radius 3 is 2.10 bits per heavy atom. The molecule has 4 rings (SSSR count). The number of benzene rings is 1. The highest BCUT2D eigenvalue weighted by Crippen LogP contribution is 2.26. The van der Waals surface area contributed by atoms with Crippen LogP contribution in [0.25, 0.3) is 22.6 Å². The van der Waals surface area contributed by atoms with Gasteiger partial charge in [0.15, 0.2) is 0 Å².